The molecule has 1 heterocycles. The molecule has 2 aromatic rings. The molecule has 7 nitrogen and oxygen atoms in total. The van der Waals surface area contributed by atoms with Crippen LogP contribution in [0.1, 0.15) is 11.4 Å². The average molecular weight is 344 g/mol. The van der Waals surface area contributed by atoms with Gasteiger partial charge in [-0.2, -0.15) is 5.10 Å². The van der Waals surface area contributed by atoms with Crippen LogP contribution < -0.4 is 4.74 Å². The Morgan fingerprint density at radius 1 is 1.41 bits per heavy atom. The van der Waals surface area contributed by atoms with Crippen molar-refractivity contribution in [2.24, 2.45) is 0 Å². The lowest BCUT2D eigenvalue weighted by molar-refractivity contribution is -0.386. The Kier molecular flexibility index (Phi) is 4.68. The number of carbonyl (C=O) groups is 1. The molecule has 0 radical (unpaired) electrons. The van der Waals surface area contributed by atoms with Crippen molar-refractivity contribution in [2.75, 3.05) is 0 Å². The van der Waals surface area contributed by atoms with Crippen molar-refractivity contribution in [1.29, 1.82) is 0 Å². The van der Waals surface area contributed by atoms with E-state index < -0.39 is 10.9 Å². The van der Waals surface area contributed by atoms with Gasteiger partial charge in [0.2, 0.25) is 0 Å². The number of halogens is 2. The van der Waals surface area contributed by atoms with Crippen LogP contribution in [0.15, 0.2) is 18.2 Å². The van der Waals surface area contributed by atoms with E-state index in [1.54, 1.807) is 12.1 Å². The standard InChI is InChI=1S/C13H11Cl2N3O4/c1-7-13(18(20)21)8(2)17(16-7)6-11(19)22-10-5-3-4-9(14)12(10)15/h3-5H,6H2,1-2H3. The van der Waals surface area contributed by atoms with Gasteiger partial charge in [0.05, 0.1) is 9.95 Å². The van der Waals surface area contributed by atoms with Gasteiger partial charge in [0.25, 0.3) is 0 Å². The van der Waals surface area contributed by atoms with E-state index in [1.807, 2.05) is 0 Å². The number of aryl methyl sites for hydroxylation is 1. The number of carbonyl (C=O) groups excluding carboxylic acids is 1. The maximum atomic E-state index is 11.9. The Balaban J connectivity index is 2.18. The minimum absolute atomic E-state index is 0.117. The molecule has 0 N–H and O–H groups in total. The number of esters is 1. The number of benzene rings is 1. The van der Waals surface area contributed by atoms with Crippen molar-refractivity contribution < 1.29 is 14.5 Å². The number of hydrogen-bond acceptors (Lipinski definition) is 5. The maximum Gasteiger partial charge on any atom is 0.333 e. The van der Waals surface area contributed by atoms with Crippen molar-refractivity contribution in [3.63, 3.8) is 0 Å². The number of nitrogens with zero attached hydrogens (tertiary/aromatic N) is 3. The monoisotopic (exact) mass is 343 g/mol. The Morgan fingerprint density at radius 2 is 2.09 bits per heavy atom. The summed E-state index contributed by atoms with van der Waals surface area (Å²) in [6.45, 7) is 2.74. The topological polar surface area (TPSA) is 87.3 Å². The number of hydrogen-bond donors (Lipinski definition) is 0. The van der Waals surface area contributed by atoms with Crippen molar-refractivity contribution in [3.05, 3.63) is 49.7 Å². The van der Waals surface area contributed by atoms with Gasteiger partial charge < -0.3 is 4.74 Å². The van der Waals surface area contributed by atoms with E-state index in [1.165, 1.54) is 24.6 Å². The Morgan fingerprint density at radius 3 is 2.68 bits per heavy atom. The van der Waals surface area contributed by atoms with Crippen LogP contribution in [0.3, 0.4) is 0 Å². The Labute approximate surface area is 135 Å². The summed E-state index contributed by atoms with van der Waals surface area (Å²) in [6.07, 6.45) is 0. The van der Waals surface area contributed by atoms with Crippen LogP contribution in [0, 0.1) is 24.0 Å². The second-order valence-corrected chi connectivity index (χ2v) is 5.25. The van der Waals surface area contributed by atoms with Crippen molar-refractivity contribution in [1.82, 2.24) is 9.78 Å². The highest BCUT2D eigenvalue weighted by atomic mass is 35.5. The van der Waals surface area contributed by atoms with E-state index in [-0.39, 0.29) is 39.4 Å². The van der Waals surface area contributed by atoms with Gasteiger partial charge in [0.15, 0.2) is 5.75 Å². The number of nitro groups is 1. The van der Waals surface area contributed by atoms with Crippen LogP contribution in [0.25, 0.3) is 0 Å². The molecule has 116 valence electrons. The van der Waals surface area contributed by atoms with Gasteiger partial charge in [-0.25, -0.2) is 4.79 Å². The summed E-state index contributed by atoms with van der Waals surface area (Å²) in [7, 11) is 0. The highest BCUT2D eigenvalue weighted by Crippen LogP contribution is 2.31. The second-order valence-electron chi connectivity index (χ2n) is 4.46. The number of aromatic nitrogens is 2. The van der Waals surface area contributed by atoms with E-state index in [0.29, 0.717) is 0 Å². The molecule has 1 aromatic carbocycles. The van der Waals surface area contributed by atoms with E-state index in [0.717, 1.165) is 0 Å². The normalized spacial score (nSPS) is 10.5. The first kappa shape index (κ1) is 16.3. The molecule has 0 aliphatic carbocycles. The van der Waals surface area contributed by atoms with Gasteiger partial charge >= 0.3 is 11.7 Å². The van der Waals surface area contributed by atoms with E-state index in [4.69, 9.17) is 27.9 Å². The predicted molar refractivity (Wildman–Crippen MR) is 80.5 cm³/mol. The van der Waals surface area contributed by atoms with Crippen molar-refractivity contribution in [3.8, 4) is 5.75 Å². The van der Waals surface area contributed by atoms with Gasteiger partial charge in [0.1, 0.15) is 23.0 Å². The quantitative estimate of drug-likeness (QED) is 0.367. The maximum absolute atomic E-state index is 11.9. The molecule has 0 aliphatic rings. The minimum atomic E-state index is -0.662. The third-order valence-electron chi connectivity index (χ3n) is 2.94. The SMILES string of the molecule is Cc1nn(CC(=O)Oc2cccc(Cl)c2Cl)c(C)c1[N+](=O)[O-]. The van der Waals surface area contributed by atoms with E-state index in [2.05, 4.69) is 5.10 Å². The van der Waals surface area contributed by atoms with E-state index in [9.17, 15) is 14.9 Å². The molecule has 2 rings (SSSR count). The average Bonchev–Trinajstić information content (AvgIpc) is 2.69. The molecular formula is C13H11Cl2N3O4. The van der Waals surface area contributed by atoms with Crippen LogP contribution in [0.2, 0.25) is 10.0 Å². The fourth-order valence-corrected chi connectivity index (χ4v) is 2.28. The zero-order chi connectivity index (χ0) is 16.4. The lowest BCUT2D eigenvalue weighted by Crippen LogP contribution is -2.18. The number of rotatable bonds is 4. The summed E-state index contributed by atoms with van der Waals surface area (Å²) < 4.78 is 6.33. The highest BCUT2D eigenvalue weighted by molar-refractivity contribution is 6.43. The molecule has 0 saturated carbocycles. The van der Waals surface area contributed by atoms with Crippen molar-refractivity contribution >= 4 is 34.9 Å². The Bertz CT molecular complexity index is 758. The minimum Gasteiger partial charge on any atom is -0.424 e. The molecule has 0 fully saturated rings. The number of ether oxygens (including phenoxy) is 1. The molecule has 0 bridgehead atoms. The third-order valence-corrected chi connectivity index (χ3v) is 3.75. The first-order chi connectivity index (χ1) is 10.3. The summed E-state index contributed by atoms with van der Waals surface area (Å²) in [5.74, 6) is -0.542. The van der Waals surface area contributed by atoms with Crippen LogP contribution in [-0.2, 0) is 11.3 Å². The Hall–Kier alpha value is -2.12. The molecule has 0 unspecified atom stereocenters. The van der Waals surface area contributed by atoms with Crippen LogP contribution in [0.5, 0.6) is 5.75 Å². The second kappa shape index (κ2) is 6.33. The van der Waals surface area contributed by atoms with Crippen molar-refractivity contribution in [2.45, 2.75) is 20.4 Å². The zero-order valence-corrected chi connectivity index (χ0v) is 13.2. The van der Waals surface area contributed by atoms with Crippen LogP contribution >= 0.6 is 23.2 Å². The van der Waals surface area contributed by atoms with Gasteiger partial charge in [-0.3, -0.25) is 14.8 Å². The van der Waals surface area contributed by atoms with Gasteiger partial charge in [-0.05, 0) is 26.0 Å². The molecule has 0 saturated heterocycles. The molecular weight excluding hydrogens is 333 g/mol. The molecule has 22 heavy (non-hydrogen) atoms. The zero-order valence-electron chi connectivity index (χ0n) is 11.7. The van der Waals surface area contributed by atoms with E-state index >= 15 is 0 Å². The molecule has 1 aromatic heterocycles. The smallest absolute Gasteiger partial charge is 0.333 e. The third kappa shape index (κ3) is 3.20. The molecule has 0 spiro atoms. The molecule has 0 amide bonds. The summed E-state index contributed by atoms with van der Waals surface area (Å²) in [6, 6.07) is 4.65. The lowest BCUT2D eigenvalue weighted by Gasteiger charge is -2.07. The fraction of sp³-hybridized carbons (Fsp3) is 0.231. The van der Waals surface area contributed by atoms with Crippen LogP contribution in [0.4, 0.5) is 5.69 Å². The first-order valence-electron chi connectivity index (χ1n) is 6.14. The molecule has 0 atom stereocenters. The predicted octanol–water partition coefficient (Wildman–Crippen LogP) is 3.32. The first-order valence-corrected chi connectivity index (χ1v) is 6.90. The van der Waals surface area contributed by atoms with Crippen LogP contribution in [-0.4, -0.2) is 20.7 Å². The largest absolute Gasteiger partial charge is 0.424 e. The summed E-state index contributed by atoms with van der Waals surface area (Å²) in [4.78, 5) is 22.3. The summed E-state index contributed by atoms with van der Waals surface area (Å²) >= 11 is 11.7. The fourth-order valence-electron chi connectivity index (χ4n) is 1.95. The molecule has 0 aliphatic heterocycles. The van der Waals surface area contributed by atoms with Gasteiger partial charge in [-0.15, -0.1) is 0 Å². The lowest BCUT2D eigenvalue weighted by atomic mass is 10.3. The summed E-state index contributed by atoms with van der Waals surface area (Å²) in [5.41, 5.74) is 0.390. The highest BCUT2D eigenvalue weighted by Gasteiger charge is 2.23. The van der Waals surface area contributed by atoms with Gasteiger partial charge in [0, 0.05) is 0 Å². The molecule has 9 heteroatoms. The summed E-state index contributed by atoms with van der Waals surface area (Å²) in [5, 5.41) is 15.3. The van der Waals surface area contributed by atoms with Gasteiger partial charge in [-0.1, -0.05) is 29.3 Å².